The summed E-state index contributed by atoms with van der Waals surface area (Å²) in [6.07, 6.45) is 5.94. The molecular weight excluding hydrogens is 364 g/mol. The summed E-state index contributed by atoms with van der Waals surface area (Å²) >= 11 is 0. The number of hydrogen-bond donors (Lipinski definition) is 1. The maximum absolute atomic E-state index is 12.8. The summed E-state index contributed by atoms with van der Waals surface area (Å²) in [4.78, 5) is 19.3. The molecule has 6 nitrogen and oxygen atoms in total. The first-order chi connectivity index (χ1) is 12.5. The van der Waals surface area contributed by atoms with Crippen molar-refractivity contribution in [2.24, 2.45) is 5.73 Å². The van der Waals surface area contributed by atoms with Crippen LogP contribution in [0.2, 0.25) is 0 Å². The van der Waals surface area contributed by atoms with Crippen molar-refractivity contribution in [3.63, 3.8) is 0 Å². The number of piperidine rings is 1. The molecular formula is C20H27ClN4O2. The van der Waals surface area contributed by atoms with Gasteiger partial charge in [-0.3, -0.25) is 4.79 Å². The number of benzene rings is 1. The predicted octanol–water partition coefficient (Wildman–Crippen LogP) is 3.55. The lowest BCUT2D eigenvalue weighted by molar-refractivity contribution is 0.0695. The highest BCUT2D eigenvalue weighted by Gasteiger charge is 2.37. The molecule has 2 N–H and O–H groups in total. The van der Waals surface area contributed by atoms with Gasteiger partial charge in [0.1, 0.15) is 0 Å². The van der Waals surface area contributed by atoms with E-state index in [-0.39, 0.29) is 24.2 Å². The first-order valence-corrected chi connectivity index (χ1v) is 9.54. The summed E-state index contributed by atoms with van der Waals surface area (Å²) < 4.78 is 5.55. The average molecular weight is 391 g/mol. The molecule has 1 atom stereocenters. The lowest BCUT2D eigenvalue weighted by Gasteiger charge is -2.31. The van der Waals surface area contributed by atoms with Gasteiger partial charge in [0.05, 0.1) is 11.5 Å². The molecule has 0 radical (unpaired) electrons. The third-order valence-electron chi connectivity index (χ3n) is 5.74. The van der Waals surface area contributed by atoms with Crippen molar-refractivity contribution in [1.29, 1.82) is 0 Å². The number of likely N-dealkylation sites (tertiary alicyclic amines) is 1. The first-order valence-electron chi connectivity index (χ1n) is 9.54. The van der Waals surface area contributed by atoms with E-state index in [1.807, 2.05) is 36.1 Å². The Morgan fingerprint density at radius 2 is 1.93 bits per heavy atom. The number of nitrogens with two attached hydrogens (primary N) is 1. The summed E-state index contributed by atoms with van der Waals surface area (Å²) in [6.45, 7) is 3.41. The fraction of sp³-hybridized carbons (Fsp3) is 0.550. The minimum Gasteiger partial charge on any atom is -0.339 e. The molecule has 7 heteroatoms. The van der Waals surface area contributed by atoms with Crippen LogP contribution < -0.4 is 5.73 Å². The monoisotopic (exact) mass is 390 g/mol. The van der Waals surface area contributed by atoms with Gasteiger partial charge in [-0.15, -0.1) is 12.4 Å². The zero-order valence-corrected chi connectivity index (χ0v) is 16.5. The zero-order valence-electron chi connectivity index (χ0n) is 15.7. The minimum absolute atomic E-state index is 0. The number of nitrogens with zero attached hydrogens (tertiary/aromatic N) is 3. The molecule has 27 heavy (non-hydrogen) atoms. The molecule has 1 saturated heterocycles. The molecule has 1 aliphatic heterocycles. The molecule has 146 valence electrons. The number of aryl methyl sites for hydroxylation is 1. The van der Waals surface area contributed by atoms with Gasteiger partial charge in [-0.25, -0.2) is 0 Å². The highest BCUT2D eigenvalue weighted by Crippen LogP contribution is 2.36. The Bertz CT molecular complexity index is 784. The van der Waals surface area contributed by atoms with Gasteiger partial charge >= 0.3 is 0 Å². The highest BCUT2D eigenvalue weighted by molar-refractivity contribution is 5.94. The SMILES string of the molecule is Cc1ccc(C(=O)N2CCCC(c3nc(C4(N)CCCC4)no3)C2)cc1.Cl. The number of halogens is 1. The van der Waals surface area contributed by atoms with Crippen LogP contribution >= 0.6 is 12.4 Å². The van der Waals surface area contributed by atoms with Gasteiger partial charge in [-0.05, 0) is 44.7 Å². The molecule has 1 saturated carbocycles. The standard InChI is InChI=1S/C20H26N4O2.ClH/c1-14-6-8-15(9-7-14)18(25)24-12-4-5-16(13-24)17-22-19(23-26-17)20(21)10-2-3-11-20;/h6-9,16H,2-5,10-13,21H2,1H3;1H. The molecule has 1 aliphatic carbocycles. The van der Waals surface area contributed by atoms with E-state index in [1.54, 1.807) is 0 Å². The number of aromatic nitrogens is 2. The van der Waals surface area contributed by atoms with Gasteiger partial charge in [0.15, 0.2) is 5.82 Å². The van der Waals surface area contributed by atoms with Crippen molar-refractivity contribution in [3.8, 4) is 0 Å². The fourth-order valence-corrected chi connectivity index (χ4v) is 4.07. The van der Waals surface area contributed by atoms with Crippen molar-refractivity contribution < 1.29 is 9.32 Å². The lowest BCUT2D eigenvalue weighted by atomic mass is 9.96. The summed E-state index contributed by atoms with van der Waals surface area (Å²) in [6, 6.07) is 7.73. The van der Waals surface area contributed by atoms with E-state index in [2.05, 4.69) is 10.1 Å². The number of carbonyl (C=O) groups is 1. The van der Waals surface area contributed by atoms with Gasteiger partial charge < -0.3 is 15.2 Å². The van der Waals surface area contributed by atoms with Crippen LogP contribution in [0.1, 0.15) is 72.1 Å². The van der Waals surface area contributed by atoms with E-state index in [9.17, 15) is 4.79 Å². The Hall–Kier alpha value is -1.92. The topological polar surface area (TPSA) is 85.2 Å². The zero-order chi connectivity index (χ0) is 18.1. The first kappa shape index (κ1) is 19.8. The van der Waals surface area contributed by atoms with Crippen LogP contribution in [-0.4, -0.2) is 34.0 Å². The van der Waals surface area contributed by atoms with Gasteiger partial charge in [-0.1, -0.05) is 35.7 Å². The molecule has 4 rings (SSSR count). The van der Waals surface area contributed by atoms with E-state index < -0.39 is 5.54 Å². The van der Waals surface area contributed by atoms with E-state index in [0.29, 0.717) is 18.3 Å². The maximum Gasteiger partial charge on any atom is 0.253 e. The minimum atomic E-state index is -0.437. The fourth-order valence-electron chi connectivity index (χ4n) is 4.07. The molecule has 1 unspecified atom stereocenters. The van der Waals surface area contributed by atoms with Gasteiger partial charge in [0.2, 0.25) is 5.89 Å². The Kier molecular flexibility index (Phi) is 5.86. The van der Waals surface area contributed by atoms with Crippen LogP contribution in [0.3, 0.4) is 0 Å². The molecule has 0 bridgehead atoms. The van der Waals surface area contributed by atoms with E-state index in [1.165, 1.54) is 0 Å². The largest absolute Gasteiger partial charge is 0.339 e. The van der Waals surface area contributed by atoms with Gasteiger partial charge in [-0.2, -0.15) is 4.98 Å². The molecule has 1 aromatic carbocycles. The number of rotatable bonds is 3. The molecule has 1 aromatic heterocycles. The van der Waals surface area contributed by atoms with Crippen LogP contribution in [0, 0.1) is 6.92 Å². The van der Waals surface area contributed by atoms with Crippen molar-refractivity contribution in [2.75, 3.05) is 13.1 Å². The van der Waals surface area contributed by atoms with Crippen molar-refractivity contribution in [2.45, 2.75) is 56.9 Å². The van der Waals surface area contributed by atoms with E-state index in [0.717, 1.165) is 56.2 Å². The average Bonchev–Trinajstić information content (AvgIpc) is 3.32. The van der Waals surface area contributed by atoms with Crippen LogP contribution in [0.5, 0.6) is 0 Å². The van der Waals surface area contributed by atoms with E-state index >= 15 is 0 Å². The van der Waals surface area contributed by atoms with Crippen LogP contribution in [0.4, 0.5) is 0 Å². The molecule has 0 spiro atoms. The van der Waals surface area contributed by atoms with Crippen LogP contribution in [0.25, 0.3) is 0 Å². The van der Waals surface area contributed by atoms with Gasteiger partial charge in [0.25, 0.3) is 5.91 Å². The highest BCUT2D eigenvalue weighted by atomic mass is 35.5. The summed E-state index contributed by atoms with van der Waals surface area (Å²) in [5, 5.41) is 4.17. The number of hydrogen-bond acceptors (Lipinski definition) is 5. The predicted molar refractivity (Wildman–Crippen MR) is 105 cm³/mol. The second kappa shape index (κ2) is 7.98. The van der Waals surface area contributed by atoms with Crippen molar-refractivity contribution in [3.05, 3.63) is 47.1 Å². The number of amides is 1. The van der Waals surface area contributed by atoms with Crippen LogP contribution in [-0.2, 0) is 5.54 Å². The van der Waals surface area contributed by atoms with E-state index in [4.69, 9.17) is 10.3 Å². The Morgan fingerprint density at radius 1 is 1.22 bits per heavy atom. The van der Waals surface area contributed by atoms with Crippen LogP contribution in [0.15, 0.2) is 28.8 Å². The third-order valence-corrected chi connectivity index (χ3v) is 5.74. The third kappa shape index (κ3) is 4.01. The lowest BCUT2D eigenvalue weighted by Crippen LogP contribution is -2.39. The Balaban J connectivity index is 0.00000210. The molecule has 2 aromatic rings. The second-order valence-electron chi connectivity index (χ2n) is 7.78. The summed E-state index contributed by atoms with van der Waals surface area (Å²) in [5.74, 6) is 1.41. The molecule has 2 aliphatic rings. The Labute approximate surface area is 165 Å². The summed E-state index contributed by atoms with van der Waals surface area (Å²) in [5.41, 5.74) is 7.88. The van der Waals surface area contributed by atoms with Crippen molar-refractivity contribution in [1.82, 2.24) is 15.0 Å². The maximum atomic E-state index is 12.8. The smallest absolute Gasteiger partial charge is 0.253 e. The quantitative estimate of drug-likeness (QED) is 0.866. The second-order valence-corrected chi connectivity index (χ2v) is 7.78. The molecule has 1 amide bonds. The van der Waals surface area contributed by atoms with Gasteiger partial charge in [0, 0.05) is 18.7 Å². The molecule has 2 fully saturated rings. The summed E-state index contributed by atoms with van der Waals surface area (Å²) in [7, 11) is 0. The van der Waals surface area contributed by atoms with Crippen molar-refractivity contribution >= 4 is 18.3 Å². The molecule has 2 heterocycles. The normalized spacial score (nSPS) is 21.7. The Morgan fingerprint density at radius 3 is 2.63 bits per heavy atom. The number of carbonyl (C=O) groups excluding carboxylic acids is 1.